The fraction of sp³-hybridized carbons (Fsp3) is 0.452. The molecule has 0 radical (unpaired) electrons. The van der Waals surface area contributed by atoms with Crippen molar-refractivity contribution in [1.29, 1.82) is 0 Å². The summed E-state index contributed by atoms with van der Waals surface area (Å²) in [7, 11) is 0. The number of carbonyl (C=O) groups excluding carboxylic acids is 3. The van der Waals surface area contributed by atoms with E-state index in [4.69, 9.17) is 14.5 Å². The molecule has 3 aliphatic rings. The minimum atomic E-state index is -0.647. The molecule has 0 amide bonds. The molecule has 204 valence electrons. The number of nitrogens with zero attached hydrogens (tertiary/aromatic N) is 2. The average molecular weight is 531 g/mol. The number of Topliss-reactive ketones (excluding diaryl/α,β-unsaturated/α-hetero) is 1. The van der Waals surface area contributed by atoms with E-state index in [1.807, 2.05) is 19.9 Å². The van der Waals surface area contributed by atoms with Crippen molar-refractivity contribution >= 4 is 17.7 Å². The van der Waals surface area contributed by atoms with Crippen molar-refractivity contribution in [3.05, 3.63) is 69.1 Å². The Hall–Kier alpha value is -3.81. The number of ether oxygens (including phenoxy) is 2. The van der Waals surface area contributed by atoms with Crippen molar-refractivity contribution in [1.82, 2.24) is 9.55 Å². The van der Waals surface area contributed by atoms with Gasteiger partial charge < -0.3 is 18.8 Å². The molecule has 5 rings (SSSR count). The quantitative estimate of drug-likeness (QED) is 0.436. The highest BCUT2D eigenvalue weighted by atomic mass is 16.5. The summed E-state index contributed by atoms with van der Waals surface area (Å²) in [6.45, 7) is 7.92. The topological polar surface area (TPSA) is 105 Å². The smallest absolute Gasteiger partial charge is 0.312 e. The van der Waals surface area contributed by atoms with Gasteiger partial charge in [-0.2, -0.15) is 0 Å². The molecule has 0 saturated heterocycles. The Morgan fingerprint density at radius 3 is 2.72 bits per heavy atom. The number of hydrogen-bond donors (Lipinski definition) is 0. The molecule has 1 fully saturated rings. The highest BCUT2D eigenvalue weighted by molar-refractivity contribution is 5.82. The maximum Gasteiger partial charge on any atom is 0.312 e. The molecule has 39 heavy (non-hydrogen) atoms. The predicted molar refractivity (Wildman–Crippen MR) is 145 cm³/mol. The largest absolute Gasteiger partial charge is 0.460 e. The summed E-state index contributed by atoms with van der Waals surface area (Å²) in [5, 5.41) is 0. The highest BCUT2D eigenvalue weighted by Crippen LogP contribution is 2.55. The standard InChI is InChI=1S/C31H34N2O6/c1-5-20-9-10-21(39-26(35)11-8-19(3)34)7-6-14-32-28-23(20)16-33-25(28)15-22-24(29(33)36)17-38-30(37)31(4)13-12-18(2)27(22)31/h6-7,9-10,14-15,18,27H,5,8,11-13,16-17H2,1-4H3. The molecule has 3 unspecified atom stereocenters. The van der Waals surface area contributed by atoms with Gasteiger partial charge in [0.2, 0.25) is 0 Å². The van der Waals surface area contributed by atoms with Crippen molar-refractivity contribution in [3.63, 3.8) is 0 Å². The van der Waals surface area contributed by atoms with E-state index in [-0.39, 0.29) is 48.6 Å². The van der Waals surface area contributed by atoms with Gasteiger partial charge in [0.25, 0.3) is 5.56 Å². The first-order valence-corrected chi connectivity index (χ1v) is 13.6. The third-order valence-corrected chi connectivity index (χ3v) is 8.48. The van der Waals surface area contributed by atoms with Crippen LogP contribution in [0, 0.1) is 11.3 Å². The van der Waals surface area contributed by atoms with E-state index in [1.54, 1.807) is 29.0 Å². The maximum absolute atomic E-state index is 13.9. The van der Waals surface area contributed by atoms with Crippen molar-refractivity contribution in [2.24, 2.45) is 11.3 Å². The molecule has 0 spiro atoms. The Morgan fingerprint density at radius 1 is 1.18 bits per heavy atom. The minimum Gasteiger partial charge on any atom is -0.460 e. The summed E-state index contributed by atoms with van der Waals surface area (Å²) in [5.74, 6) is -0.253. The second kappa shape index (κ2) is 10.4. The zero-order valence-corrected chi connectivity index (χ0v) is 22.9. The van der Waals surface area contributed by atoms with Crippen LogP contribution in [-0.2, 0) is 38.7 Å². The van der Waals surface area contributed by atoms with Crippen LogP contribution in [0.15, 0.2) is 41.3 Å². The summed E-state index contributed by atoms with van der Waals surface area (Å²) in [6, 6.07) is 9.03. The molecule has 2 aromatic rings. The Kier molecular flexibility index (Phi) is 7.14. The second-order valence-corrected chi connectivity index (χ2v) is 11.1. The fourth-order valence-corrected chi connectivity index (χ4v) is 6.38. The summed E-state index contributed by atoms with van der Waals surface area (Å²) in [6.07, 6.45) is 4.11. The number of aryl methyl sites for hydroxylation is 1. The number of aromatic nitrogens is 2. The molecule has 8 nitrogen and oxygen atoms in total. The lowest BCUT2D eigenvalue weighted by atomic mass is 9.73. The highest BCUT2D eigenvalue weighted by Gasteiger charge is 2.53. The number of fused-ring (bicyclic) bond motifs is 6. The lowest BCUT2D eigenvalue weighted by Gasteiger charge is -2.29. The number of ketones is 1. The van der Waals surface area contributed by atoms with Crippen molar-refractivity contribution in [3.8, 4) is 17.1 Å². The van der Waals surface area contributed by atoms with E-state index in [0.29, 0.717) is 24.3 Å². The van der Waals surface area contributed by atoms with Crippen LogP contribution in [0.3, 0.4) is 0 Å². The van der Waals surface area contributed by atoms with E-state index >= 15 is 0 Å². The van der Waals surface area contributed by atoms with Gasteiger partial charge in [-0.25, -0.2) is 0 Å². The van der Waals surface area contributed by atoms with Crippen LogP contribution in [0.2, 0.25) is 0 Å². The molecule has 2 aromatic heterocycles. The first kappa shape index (κ1) is 26.8. The molecule has 0 aromatic carbocycles. The Balaban J connectivity index is 1.61. The van der Waals surface area contributed by atoms with Gasteiger partial charge in [-0.1, -0.05) is 19.9 Å². The summed E-state index contributed by atoms with van der Waals surface area (Å²) in [4.78, 5) is 55.0. The fourth-order valence-electron chi connectivity index (χ4n) is 6.38. The monoisotopic (exact) mass is 530 g/mol. The first-order valence-electron chi connectivity index (χ1n) is 13.6. The van der Waals surface area contributed by atoms with Gasteiger partial charge in [-0.15, -0.1) is 0 Å². The Labute approximate surface area is 227 Å². The van der Waals surface area contributed by atoms with Crippen LogP contribution >= 0.6 is 0 Å². The summed E-state index contributed by atoms with van der Waals surface area (Å²) in [5.41, 5.74) is 4.05. The molecule has 8 heteroatoms. The van der Waals surface area contributed by atoms with Crippen LogP contribution in [0.1, 0.15) is 81.5 Å². The van der Waals surface area contributed by atoms with Crippen LogP contribution in [0.5, 0.6) is 5.75 Å². The summed E-state index contributed by atoms with van der Waals surface area (Å²) < 4.78 is 12.9. The number of carbonyl (C=O) groups is 3. The van der Waals surface area contributed by atoms with Gasteiger partial charge in [-0.05, 0) is 74.4 Å². The van der Waals surface area contributed by atoms with Crippen molar-refractivity contribution < 1.29 is 23.9 Å². The minimum absolute atomic E-state index is 0.0136. The SMILES string of the molecule is CCc1ccc(OC(=O)CCC(C)=O)cccnc2c1Cn1c-2cc2c(c1=O)COC(=O)C1(C)CCC(C)C21. The second-order valence-electron chi connectivity index (χ2n) is 11.1. The third kappa shape index (κ3) is 4.77. The molecule has 3 atom stereocenters. The normalized spacial score (nSPS) is 22.4. The summed E-state index contributed by atoms with van der Waals surface area (Å²) >= 11 is 0. The van der Waals surface area contributed by atoms with E-state index in [9.17, 15) is 19.2 Å². The van der Waals surface area contributed by atoms with Gasteiger partial charge in [0.05, 0.1) is 35.3 Å². The van der Waals surface area contributed by atoms with Crippen molar-refractivity contribution in [2.45, 2.75) is 78.9 Å². The Morgan fingerprint density at radius 2 is 1.97 bits per heavy atom. The van der Waals surface area contributed by atoms with E-state index in [2.05, 4.69) is 13.0 Å². The molecule has 1 aliphatic carbocycles. The van der Waals surface area contributed by atoms with E-state index in [1.165, 1.54) is 6.92 Å². The van der Waals surface area contributed by atoms with Crippen LogP contribution in [-0.4, -0.2) is 27.3 Å². The first-order chi connectivity index (χ1) is 18.6. The van der Waals surface area contributed by atoms with Gasteiger partial charge in [-0.3, -0.25) is 19.4 Å². The molecule has 4 heterocycles. The van der Waals surface area contributed by atoms with Gasteiger partial charge >= 0.3 is 11.9 Å². The number of hydrogen-bond acceptors (Lipinski definition) is 7. The lowest BCUT2D eigenvalue weighted by Crippen LogP contribution is -2.32. The zero-order chi connectivity index (χ0) is 27.9. The van der Waals surface area contributed by atoms with Crippen LogP contribution in [0.25, 0.3) is 11.4 Å². The number of cyclic esters (lactones) is 1. The number of esters is 2. The van der Waals surface area contributed by atoms with E-state index in [0.717, 1.165) is 40.9 Å². The maximum atomic E-state index is 13.9. The molecule has 1 saturated carbocycles. The number of rotatable bonds is 5. The zero-order valence-electron chi connectivity index (χ0n) is 22.9. The van der Waals surface area contributed by atoms with Gasteiger partial charge in [0.1, 0.15) is 18.1 Å². The van der Waals surface area contributed by atoms with Crippen molar-refractivity contribution in [2.75, 3.05) is 0 Å². The molecular weight excluding hydrogens is 496 g/mol. The molecule has 0 N–H and O–H groups in total. The van der Waals surface area contributed by atoms with Gasteiger partial charge in [0.15, 0.2) is 0 Å². The third-order valence-electron chi connectivity index (χ3n) is 8.48. The Bertz CT molecular complexity index is 1490. The van der Waals surface area contributed by atoms with E-state index < -0.39 is 11.4 Å². The van der Waals surface area contributed by atoms with Gasteiger partial charge in [0, 0.05) is 24.1 Å². The lowest BCUT2D eigenvalue weighted by molar-refractivity contribution is -0.156. The van der Waals surface area contributed by atoms with Crippen LogP contribution < -0.4 is 10.3 Å². The molecular formula is C31H34N2O6. The molecule has 2 aliphatic heterocycles. The number of pyridine rings is 1. The average Bonchev–Trinajstić information content (AvgIpc) is 3.38. The van der Waals surface area contributed by atoms with Crippen LogP contribution in [0.4, 0.5) is 0 Å². The molecule has 0 bridgehead atoms. The predicted octanol–water partition coefficient (Wildman–Crippen LogP) is 4.81.